The van der Waals surface area contributed by atoms with Crippen LogP contribution in [-0.2, 0) is 0 Å². The van der Waals surface area contributed by atoms with Crippen molar-refractivity contribution < 1.29 is 0 Å². The van der Waals surface area contributed by atoms with Crippen LogP contribution in [0.3, 0.4) is 0 Å². The first-order valence-electron chi connectivity index (χ1n) is 25.2. The Morgan fingerprint density at radius 3 is 0.559 bits per heavy atom. The monoisotopic (exact) mass is 876 g/mol. The molecule has 0 amide bonds. The van der Waals surface area contributed by atoms with Crippen LogP contribution in [0.15, 0.2) is 146 Å². The van der Waals surface area contributed by atoms with Gasteiger partial charge in [-0.3, -0.25) is 0 Å². The van der Waals surface area contributed by atoms with Crippen LogP contribution >= 0.6 is 0 Å². The molecule has 0 aliphatic heterocycles. The Morgan fingerprint density at radius 2 is 0.412 bits per heavy atom. The Labute approximate surface area is 404 Å². The lowest BCUT2D eigenvalue weighted by Gasteiger charge is -2.14. The van der Waals surface area contributed by atoms with E-state index in [1.54, 1.807) is 0 Å². The number of hydrogen-bond acceptors (Lipinski definition) is 0. The van der Waals surface area contributed by atoms with E-state index in [2.05, 4.69) is 221 Å². The van der Waals surface area contributed by atoms with E-state index in [1.165, 1.54) is 86.2 Å². The molecule has 0 atom stereocenters. The van der Waals surface area contributed by atoms with Gasteiger partial charge in [0.1, 0.15) is 0 Å². The number of hydrogen-bond donors (Lipinski definition) is 0. The average Bonchev–Trinajstić information content (AvgIpc) is 3.37. The van der Waals surface area contributed by atoms with E-state index in [0.717, 1.165) is 99.3 Å². The number of rotatable bonds is 8. The van der Waals surface area contributed by atoms with Crippen LogP contribution < -0.4 is 0 Å². The molecule has 0 saturated carbocycles. The first-order chi connectivity index (χ1) is 33.6. The molecule has 0 heteroatoms. The molecule has 10 aromatic rings. The van der Waals surface area contributed by atoms with Gasteiger partial charge in [-0.05, 0) is 160 Å². The molecule has 10 aromatic carbocycles. The second-order valence-corrected chi connectivity index (χ2v) is 18.1. The predicted molar refractivity (Wildman–Crippen MR) is 299 cm³/mol. The Kier molecular flexibility index (Phi) is 14.7. The zero-order valence-corrected chi connectivity index (χ0v) is 40.3. The third-order valence-corrected chi connectivity index (χ3v) is 13.2. The van der Waals surface area contributed by atoms with Crippen molar-refractivity contribution >= 4 is 86.2 Å². The van der Waals surface area contributed by atoms with E-state index in [1.807, 2.05) is 0 Å². The summed E-state index contributed by atoms with van der Waals surface area (Å²) in [5, 5.41) is 19.7. The number of fused-ring (bicyclic) bond motifs is 8. The molecule has 332 valence electrons. The maximum atomic E-state index is 3.60. The normalized spacial score (nSPS) is 10.9. The maximum Gasteiger partial charge on any atom is 0.0403 e. The smallest absolute Gasteiger partial charge is 0.0403 e. The van der Waals surface area contributed by atoms with E-state index in [9.17, 15) is 0 Å². The van der Waals surface area contributed by atoms with Gasteiger partial charge >= 0.3 is 0 Å². The van der Waals surface area contributed by atoms with Crippen LogP contribution in [0.2, 0.25) is 0 Å². The van der Waals surface area contributed by atoms with Gasteiger partial charge in [-0.25, -0.2) is 0 Å². The van der Waals surface area contributed by atoms with Crippen LogP contribution in [-0.4, -0.2) is 0 Å². The standard InChI is InChI=1S/2C34H30/c2*1-3-5-7-9-19-29-31-21-25-15-11-13-17-27(25)23-33(31)30(20-10-8-6-4-2)34-24-28-18-14-12-16-26(28)22-32(29)34/h2*11-18,21-24H,3-8H2,1-2H3. The molecule has 0 aliphatic carbocycles. The first-order valence-corrected chi connectivity index (χ1v) is 25.2. The highest BCUT2D eigenvalue weighted by molar-refractivity contribution is 6.17. The van der Waals surface area contributed by atoms with Crippen LogP contribution in [0.4, 0.5) is 0 Å². The molecule has 0 aliphatic rings. The molecule has 0 N–H and O–H groups in total. The lowest BCUT2D eigenvalue weighted by atomic mass is 9.88. The van der Waals surface area contributed by atoms with Gasteiger partial charge in [0.15, 0.2) is 0 Å². The zero-order chi connectivity index (χ0) is 46.7. The summed E-state index contributed by atoms with van der Waals surface area (Å²) in [6.07, 6.45) is 12.9. The minimum Gasteiger partial charge on any atom is -0.0978 e. The van der Waals surface area contributed by atoms with Gasteiger partial charge in [0.2, 0.25) is 0 Å². The van der Waals surface area contributed by atoms with Gasteiger partial charge in [0.25, 0.3) is 0 Å². The van der Waals surface area contributed by atoms with Gasteiger partial charge in [-0.2, -0.15) is 0 Å². The van der Waals surface area contributed by atoms with Crippen molar-refractivity contribution in [3.8, 4) is 47.4 Å². The summed E-state index contributed by atoms with van der Waals surface area (Å²) in [6.45, 7) is 8.88. The van der Waals surface area contributed by atoms with E-state index in [0.29, 0.717) is 0 Å². The van der Waals surface area contributed by atoms with Gasteiger partial charge in [0, 0.05) is 47.9 Å². The minimum absolute atomic E-state index is 0.930. The van der Waals surface area contributed by atoms with Crippen LogP contribution in [0.1, 0.15) is 127 Å². The van der Waals surface area contributed by atoms with Crippen molar-refractivity contribution in [1.82, 2.24) is 0 Å². The molecule has 0 radical (unpaired) electrons. The Morgan fingerprint density at radius 1 is 0.250 bits per heavy atom. The molecule has 0 saturated heterocycles. The van der Waals surface area contributed by atoms with E-state index in [-0.39, 0.29) is 0 Å². The SMILES string of the molecule is CCCCC#Cc1c2cc3ccccc3cc2c(C#CCCCC)c2cc3ccccc3cc12.CCCCC#Cc1c2cc3ccccc3cc2c(C#CCCCC)c2cc3ccccc3cc12. The predicted octanol–water partition coefficient (Wildman–Crippen LogP) is 18.8. The molecule has 0 nitrogen and oxygen atoms in total. The highest BCUT2D eigenvalue weighted by Crippen LogP contribution is 2.39. The average molecular weight is 877 g/mol. The summed E-state index contributed by atoms with van der Waals surface area (Å²) in [7, 11) is 0. The van der Waals surface area contributed by atoms with E-state index < -0.39 is 0 Å². The van der Waals surface area contributed by atoms with Crippen molar-refractivity contribution in [2.45, 2.75) is 105 Å². The molecule has 0 spiro atoms. The molecule has 0 bridgehead atoms. The minimum atomic E-state index is 0.930. The summed E-state index contributed by atoms with van der Waals surface area (Å²) >= 11 is 0. The fourth-order valence-corrected chi connectivity index (χ4v) is 9.40. The van der Waals surface area contributed by atoms with Gasteiger partial charge in [0.05, 0.1) is 0 Å². The summed E-state index contributed by atoms with van der Waals surface area (Å²) < 4.78 is 0. The molecule has 0 aromatic heterocycles. The molecule has 10 rings (SSSR count). The largest absolute Gasteiger partial charge is 0.0978 e. The van der Waals surface area contributed by atoms with E-state index >= 15 is 0 Å². The lowest BCUT2D eigenvalue weighted by Crippen LogP contribution is -1.92. The van der Waals surface area contributed by atoms with Crippen molar-refractivity contribution in [3.05, 3.63) is 168 Å². The zero-order valence-electron chi connectivity index (χ0n) is 40.3. The quantitative estimate of drug-likeness (QED) is 0.0810. The molecule has 0 heterocycles. The number of unbranched alkanes of at least 4 members (excludes halogenated alkanes) is 8. The van der Waals surface area contributed by atoms with Gasteiger partial charge in [-0.1, -0.05) is 198 Å². The second kappa shape index (κ2) is 21.9. The summed E-state index contributed by atoms with van der Waals surface area (Å²) in [5.74, 6) is 28.3. The molecule has 0 fully saturated rings. The Bertz CT molecular complexity index is 3070. The highest BCUT2D eigenvalue weighted by Gasteiger charge is 2.16. The third kappa shape index (κ3) is 9.81. The van der Waals surface area contributed by atoms with Crippen molar-refractivity contribution in [2.24, 2.45) is 0 Å². The van der Waals surface area contributed by atoms with Crippen LogP contribution in [0, 0.1) is 47.4 Å². The lowest BCUT2D eigenvalue weighted by molar-refractivity contribution is 0.828. The Balaban J connectivity index is 0.000000170. The van der Waals surface area contributed by atoms with Crippen molar-refractivity contribution in [2.75, 3.05) is 0 Å². The van der Waals surface area contributed by atoms with Crippen LogP contribution in [0.5, 0.6) is 0 Å². The summed E-state index contributed by atoms with van der Waals surface area (Å²) in [4.78, 5) is 0. The molecular weight excluding hydrogens is 817 g/mol. The topological polar surface area (TPSA) is 0 Å². The fraction of sp³-hybridized carbons (Fsp3) is 0.235. The summed E-state index contributed by atoms with van der Waals surface area (Å²) in [5.41, 5.74) is 4.54. The van der Waals surface area contributed by atoms with Gasteiger partial charge in [-0.15, -0.1) is 0 Å². The molecular formula is C68H60. The Hall–Kier alpha value is -7.48. The number of benzene rings is 10. The molecule has 0 unspecified atom stereocenters. The van der Waals surface area contributed by atoms with Crippen molar-refractivity contribution in [1.29, 1.82) is 0 Å². The fourth-order valence-electron chi connectivity index (χ4n) is 9.40. The van der Waals surface area contributed by atoms with Gasteiger partial charge < -0.3 is 0 Å². The molecule has 68 heavy (non-hydrogen) atoms. The van der Waals surface area contributed by atoms with Crippen molar-refractivity contribution in [3.63, 3.8) is 0 Å². The summed E-state index contributed by atoms with van der Waals surface area (Å²) in [6, 6.07) is 53.0. The third-order valence-electron chi connectivity index (χ3n) is 13.2. The highest BCUT2D eigenvalue weighted by atomic mass is 14.2. The second-order valence-electron chi connectivity index (χ2n) is 18.1. The van der Waals surface area contributed by atoms with Crippen LogP contribution in [0.25, 0.3) is 86.2 Å². The first kappa shape index (κ1) is 45.7. The van der Waals surface area contributed by atoms with E-state index in [4.69, 9.17) is 0 Å². The maximum absolute atomic E-state index is 3.60.